The van der Waals surface area contributed by atoms with Crippen molar-refractivity contribution in [3.8, 4) is 0 Å². The maximum atomic E-state index is 10.9. The van der Waals surface area contributed by atoms with Crippen LogP contribution in [0.5, 0.6) is 0 Å². The normalized spacial score (nSPS) is 15.8. The van der Waals surface area contributed by atoms with Crippen molar-refractivity contribution < 1.29 is 4.79 Å². The number of rotatable bonds is 8. The first-order valence-corrected chi connectivity index (χ1v) is 6.37. The molecule has 0 radical (unpaired) electrons. The summed E-state index contributed by atoms with van der Waals surface area (Å²) in [5.74, 6) is 5.91. The van der Waals surface area contributed by atoms with Gasteiger partial charge in [-0.1, -0.05) is 0 Å². The number of hydrazine groups is 1. The molecule has 1 amide bonds. The minimum atomic E-state index is -0.0571. The molecule has 3 N–H and O–H groups in total. The molecule has 0 atom stereocenters. The van der Waals surface area contributed by atoms with Crippen molar-refractivity contribution in [1.82, 2.24) is 10.3 Å². The van der Waals surface area contributed by atoms with E-state index in [4.69, 9.17) is 5.84 Å². The zero-order chi connectivity index (χ0) is 12.0. The van der Waals surface area contributed by atoms with Gasteiger partial charge in [-0.3, -0.25) is 10.2 Å². The minimum Gasteiger partial charge on any atom is -0.301 e. The van der Waals surface area contributed by atoms with E-state index in [9.17, 15) is 4.79 Å². The standard InChI is InChI=1S/C12H25N3O/c1-10(2)15(9-11-6-7-11)8-4-3-5-12(16)14-13/h10-11H,3-9,13H2,1-2H3,(H,14,16). The first-order chi connectivity index (χ1) is 7.63. The SMILES string of the molecule is CC(C)N(CCCCC(=O)NN)CC1CC1. The van der Waals surface area contributed by atoms with Crippen molar-refractivity contribution in [3.05, 3.63) is 0 Å². The van der Waals surface area contributed by atoms with E-state index in [2.05, 4.69) is 24.2 Å². The van der Waals surface area contributed by atoms with E-state index in [1.54, 1.807) is 0 Å². The Kier molecular flexibility index (Phi) is 5.77. The molecule has 1 rings (SSSR count). The summed E-state index contributed by atoms with van der Waals surface area (Å²) < 4.78 is 0. The van der Waals surface area contributed by atoms with Crippen LogP contribution in [0.1, 0.15) is 46.0 Å². The lowest BCUT2D eigenvalue weighted by atomic mass is 10.2. The Morgan fingerprint density at radius 1 is 1.44 bits per heavy atom. The molecule has 0 unspecified atom stereocenters. The van der Waals surface area contributed by atoms with Crippen LogP contribution in [-0.2, 0) is 4.79 Å². The lowest BCUT2D eigenvalue weighted by Crippen LogP contribution is -2.34. The first-order valence-electron chi connectivity index (χ1n) is 6.37. The molecule has 1 fully saturated rings. The predicted molar refractivity (Wildman–Crippen MR) is 65.6 cm³/mol. The molecule has 16 heavy (non-hydrogen) atoms. The molecule has 4 nitrogen and oxygen atoms in total. The summed E-state index contributed by atoms with van der Waals surface area (Å²) in [5.41, 5.74) is 2.17. The van der Waals surface area contributed by atoms with Crippen molar-refractivity contribution in [3.63, 3.8) is 0 Å². The topological polar surface area (TPSA) is 58.4 Å². The fourth-order valence-electron chi connectivity index (χ4n) is 1.86. The van der Waals surface area contributed by atoms with Gasteiger partial charge in [0.25, 0.3) is 0 Å². The number of amides is 1. The van der Waals surface area contributed by atoms with Crippen LogP contribution in [0.3, 0.4) is 0 Å². The van der Waals surface area contributed by atoms with Gasteiger partial charge in [-0.15, -0.1) is 0 Å². The summed E-state index contributed by atoms with van der Waals surface area (Å²) in [5, 5.41) is 0. The summed E-state index contributed by atoms with van der Waals surface area (Å²) in [6.45, 7) is 6.83. The lowest BCUT2D eigenvalue weighted by molar-refractivity contribution is -0.121. The molecular formula is C12H25N3O. The zero-order valence-electron chi connectivity index (χ0n) is 10.5. The van der Waals surface area contributed by atoms with Crippen molar-refractivity contribution in [2.24, 2.45) is 11.8 Å². The Bertz CT molecular complexity index is 214. The Morgan fingerprint density at radius 3 is 2.62 bits per heavy atom. The van der Waals surface area contributed by atoms with Crippen LogP contribution in [0.2, 0.25) is 0 Å². The van der Waals surface area contributed by atoms with E-state index in [-0.39, 0.29) is 5.91 Å². The van der Waals surface area contributed by atoms with Gasteiger partial charge < -0.3 is 4.90 Å². The maximum absolute atomic E-state index is 10.9. The summed E-state index contributed by atoms with van der Waals surface area (Å²) in [7, 11) is 0. The highest BCUT2D eigenvalue weighted by Gasteiger charge is 2.24. The van der Waals surface area contributed by atoms with Gasteiger partial charge in [0, 0.05) is 19.0 Å². The van der Waals surface area contributed by atoms with Gasteiger partial charge in [-0.05, 0) is 52.0 Å². The molecule has 0 aromatic rings. The van der Waals surface area contributed by atoms with Gasteiger partial charge in [0.2, 0.25) is 5.91 Å². The number of hydrogen-bond acceptors (Lipinski definition) is 3. The first kappa shape index (κ1) is 13.5. The Balaban J connectivity index is 2.09. The van der Waals surface area contributed by atoms with E-state index in [1.807, 2.05) is 0 Å². The second-order valence-electron chi connectivity index (χ2n) is 5.06. The highest BCUT2D eigenvalue weighted by Crippen LogP contribution is 2.30. The third kappa shape index (κ3) is 5.47. The second-order valence-corrected chi connectivity index (χ2v) is 5.06. The van der Waals surface area contributed by atoms with E-state index in [0.717, 1.165) is 25.3 Å². The van der Waals surface area contributed by atoms with Crippen LogP contribution >= 0.6 is 0 Å². The molecule has 0 saturated heterocycles. The van der Waals surface area contributed by atoms with Crippen molar-refractivity contribution >= 4 is 5.91 Å². The lowest BCUT2D eigenvalue weighted by Gasteiger charge is -2.26. The molecule has 0 bridgehead atoms. The van der Waals surface area contributed by atoms with Gasteiger partial charge in [-0.2, -0.15) is 0 Å². The molecule has 1 aliphatic rings. The number of hydrogen-bond donors (Lipinski definition) is 2. The number of unbranched alkanes of at least 4 members (excludes halogenated alkanes) is 1. The number of nitrogens with two attached hydrogens (primary N) is 1. The molecular weight excluding hydrogens is 202 g/mol. The van der Waals surface area contributed by atoms with Crippen molar-refractivity contribution in [2.45, 2.75) is 52.0 Å². The summed E-state index contributed by atoms with van der Waals surface area (Å²) in [6, 6.07) is 0.615. The average molecular weight is 227 g/mol. The van der Waals surface area contributed by atoms with Gasteiger partial charge in [0.15, 0.2) is 0 Å². The number of nitrogens with zero attached hydrogens (tertiary/aromatic N) is 1. The number of carbonyl (C=O) groups excluding carboxylic acids is 1. The fraction of sp³-hybridized carbons (Fsp3) is 0.917. The predicted octanol–water partition coefficient (Wildman–Crippen LogP) is 1.27. The molecule has 94 valence electrons. The minimum absolute atomic E-state index is 0.0571. The van der Waals surface area contributed by atoms with E-state index < -0.39 is 0 Å². The van der Waals surface area contributed by atoms with Crippen LogP contribution in [-0.4, -0.2) is 29.9 Å². The van der Waals surface area contributed by atoms with Crippen LogP contribution in [0, 0.1) is 5.92 Å². The highest BCUT2D eigenvalue weighted by molar-refractivity contribution is 5.75. The smallest absolute Gasteiger partial charge is 0.233 e. The van der Waals surface area contributed by atoms with Gasteiger partial charge in [0.05, 0.1) is 0 Å². The number of carbonyl (C=O) groups is 1. The Hall–Kier alpha value is -0.610. The quantitative estimate of drug-likeness (QED) is 0.284. The monoisotopic (exact) mass is 227 g/mol. The summed E-state index contributed by atoms with van der Waals surface area (Å²) in [6.07, 6.45) is 5.36. The third-order valence-electron chi connectivity index (χ3n) is 3.18. The molecule has 1 aliphatic carbocycles. The van der Waals surface area contributed by atoms with Crippen LogP contribution in [0.25, 0.3) is 0 Å². The van der Waals surface area contributed by atoms with E-state index in [0.29, 0.717) is 12.5 Å². The Labute approximate surface area is 98.5 Å². The van der Waals surface area contributed by atoms with Crippen LogP contribution in [0.4, 0.5) is 0 Å². The molecule has 0 aromatic heterocycles. The van der Waals surface area contributed by atoms with Gasteiger partial charge >= 0.3 is 0 Å². The molecule has 0 aromatic carbocycles. The third-order valence-corrected chi connectivity index (χ3v) is 3.18. The van der Waals surface area contributed by atoms with Gasteiger partial charge in [-0.25, -0.2) is 5.84 Å². The van der Waals surface area contributed by atoms with E-state index >= 15 is 0 Å². The number of nitrogens with one attached hydrogen (secondary N) is 1. The van der Waals surface area contributed by atoms with Crippen LogP contribution < -0.4 is 11.3 Å². The highest BCUT2D eigenvalue weighted by atomic mass is 16.2. The molecule has 0 aliphatic heterocycles. The fourth-order valence-corrected chi connectivity index (χ4v) is 1.86. The largest absolute Gasteiger partial charge is 0.301 e. The zero-order valence-corrected chi connectivity index (χ0v) is 10.5. The average Bonchev–Trinajstić information content (AvgIpc) is 3.05. The molecule has 0 spiro atoms. The maximum Gasteiger partial charge on any atom is 0.233 e. The van der Waals surface area contributed by atoms with Gasteiger partial charge in [0.1, 0.15) is 0 Å². The summed E-state index contributed by atoms with van der Waals surface area (Å²) in [4.78, 5) is 13.5. The molecule has 4 heteroatoms. The summed E-state index contributed by atoms with van der Waals surface area (Å²) >= 11 is 0. The van der Waals surface area contributed by atoms with Crippen LogP contribution in [0.15, 0.2) is 0 Å². The Morgan fingerprint density at radius 2 is 2.12 bits per heavy atom. The molecule has 0 heterocycles. The molecule has 1 saturated carbocycles. The van der Waals surface area contributed by atoms with Crippen molar-refractivity contribution in [1.29, 1.82) is 0 Å². The second kappa shape index (κ2) is 6.86. The van der Waals surface area contributed by atoms with Crippen molar-refractivity contribution in [2.75, 3.05) is 13.1 Å². The van der Waals surface area contributed by atoms with E-state index in [1.165, 1.54) is 19.4 Å².